The molecule has 0 aromatic heterocycles. The van der Waals surface area contributed by atoms with Gasteiger partial charge in [-0.15, -0.1) is 0 Å². The summed E-state index contributed by atoms with van der Waals surface area (Å²) in [6, 6.07) is 7.32. The minimum Gasteiger partial charge on any atom is -0.373 e. The standard InChI is InChI=1S/C15H26N2/c1-6-14(4)16-7-8-17(5)15-10-12(2)9-13(3)11-15/h9-11,14,16H,6-8H2,1-5H3. The number of likely N-dealkylation sites (N-methyl/N-ethyl adjacent to an activating group) is 1. The van der Waals surface area contributed by atoms with Crippen molar-refractivity contribution in [2.75, 3.05) is 25.0 Å². The maximum Gasteiger partial charge on any atom is 0.0369 e. The molecule has 1 rings (SSSR count). The Morgan fingerprint density at radius 2 is 1.76 bits per heavy atom. The van der Waals surface area contributed by atoms with Crippen LogP contribution in [0.1, 0.15) is 31.4 Å². The molecule has 0 radical (unpaired) electrons. The van der Waals surface area contributed by atoms with E-state index < -0.39 is 0 Å². The van der Waals surface area contributed by atoms with Crippen molar-refractivity contribution in [1.29, 1.82) is 0 Å². The molecule has 96 valence electrons. The van der Waals surface area contributed by atoms with Crippen LogP contribution in [0, 0.1) is 13.8 Å². The number of hydrogen-bond donors (Lipinski definition) is 1. The number of benzene rings is 1. The molecule has 1 N–H and O–H groups in total. The van der Waals surface area contributed by atoms with Gasteiger partial charge < -0.3 is 10.2 Å². The molecule has 0 heterocycles. The Hall–Kier alpha value is -1.02. The van der Waals surface area contributed by atoms with E-state index in [2.05, 4.69) is 63.2 Å². The molecule has 0 spiro atoms. The van der Waals surface area contributed by atoms with Gasteiger partial charge in [-0.2, -0.15) is 0 Å². The molecule has 0 bridgehead atoms. The topological polar surface area (TPSA) is 15.3 Å². The minimum atomic E-state index is 0.614. The Bertz CT molecular complexity index is 327. The summed E-state index contributed by atoms with van der Waals surface area (Å²) in [7, 11) is 2.16. The third kappa shape index (κ3) is 4.78. The summed E-state index contributed by atoms with van der Waals surface area (Å²) in [6.45, 7) is 10.8. The van der Waals surface area contributed by atoms with E-state index in [4.69, 9.17) is 0 Å². The summed E-state index contributed by atoms with van der Waals surface area (Å²) in [5.74, 6) is 0. The van der Waals surface area contributed by atoms with Crippen LogP contribution in [0.2, 0.25) is 0 Å². The first-order valence-electron chi connectivity index (χ1n) is 6.55. The van der Waals surface area contributed by atoms with E-state index in [1.165, 1.54) is 23.2 Å². The van der Waals surface area contributed by atoms with Crippen LogP contribution in [0.4, 0.5) is 5.69 Å². The van der Waals surface area contributed by atoms with Crippen LogP contribution >= 0.6 is 0 Å². The Labute approximate surface area is 106 Å². The van der Waals surface area contributed by atoms with Gasteiger partial charge in [0, 0.05) is 31.9 Å². The maximum absolute atomic E-state index is 3.52. The van der Waals surface area contributed by atoms with E-state index >= 15 is 0 Å². The normalized spacial score (nSPS) is 12.5. The van der Waals surface area contributed by atoms with Crippen molar-refractivity contribution >= 4 is 5.69 Å². The second-order valence-corrected chi connectivity index (χ2v) is 5.03. The summed E-state index contributed by atoms with van der Waals surface area (Å²) >= 11 is 0. The van der Waals surface area contributed by atoms with Crippen LogP contribution in [-0.2, 0) is 0 Å². The van der Waals surface area contributed by atoms with Gasteiger partial charge >= 0.3 is 0 Å². The van der Waals surface area contributed by atoms with Gasteiger partial charge in [0.25, 0.3) is 0 Å². The predicted molar refractivity (Wildman–Crippen MR) is 76.9 cm³/mol. The van der Waals surface area contributed by atoms with Crippen LogP contribution in [0.3, 0.4) is 0 Å². The van der Waals surface area contributed by atoms with Gasteiger partial charge in [-0.25, -0.2) is 0 Å². The molecule has 0 saturated heterocycles. The fourth-order valence-electron chi connectivity index (χ4n) is 1.92. The largest absolute Gasteiger partial charge is 0.373 e. The monoisotopic (exact) mass is 234 g/mol. The third-order valence-electron chi connectivity index (χ3n) is 3.20. The SMILES string of the molecule is CCC(C)NCCN(C)c1cc(C)cc(C)c1. The summed E-state index contributed by atoms with van der Waals surface area (Å²) in [5.41, 5.74) is 3.98. The molecule has 0 fully saturated rings. The quantitative estimate of drug-likeness (QED) is 0.813. The van der Waals surface area contributed by atoms with Gasteiger partial charge in [-0.05, 0) is 50.5 Å². The molecular weight excluding hydrogens is 208 g/mol. The molecule has 1 unspecified atom stereocenters. The molecule has 1 atom stereocenters. The highest BCUT2D eigenvalue weighted by Gasteiger charge is 2.03. The minimum absolute atomic E-state index is 0.614. The maximum atomic E-state index is 3.52. The van der Waals surface area contributed by atoms with Crippen molar-refractivity contribution in [2.45, 2.75) is 40.2 Å². The van der Waals surface area contributed by atoms with Gasteiger partial charge in [-0.1, -0.05) is 13.0 Å². The van der Waals surface area contributed by atoms with E-state index in [1.54, 1.807) is 0 Å². The fraction of sp³-hybridized carbons (Fsp3) is 0.600. The molecule has 0 aliphatic heterocycles. The molecule has 0 aliphatic rings. The number of nitrogens with one attached hydrogen (secondary N) is 1. The lowest BCUT2D eigenvalue weighted by atomic mass is 10.1. The highest BCUT2D eigenvalue weighted by Crippen LogP contribution is 2.16. The Morgan fingerprint density at radius 1 is 1.18 bits per heavy atom. The highest BCUT2D eigenvalue weighted by molar-refractivity contribution is 5.50. The predicted octanol–water partition coefficient (Wildman–Crippen LogP) is 3.13. The van der Waals surface area contributed by atoms with Crippen molar-refractivity contribution in [1.82, 2.24) is 5.32 Å². The van der Waals surface area contributed by atoms with Gasteiger partial charge in [0.15, 0.2) is 0 Å². The third-order valence-corrected chi connectivity index (χ3v) is 3.20. The van der Waals surface area contributed by atoms with E-state index in [0.29, 0.717) is 6.04 Å². The average Bonchev–Trinajstić information content (AvgIpc) is 2.27. The van der Waals surface area contributed by atoms with Crippen molar-refractivity contribution in [2.24, 2.45) is 0 Å². The Balaban J connectivity index is 2.49. The number of hydrogen-bond acceptors (Lipinski definition) is 2. The van der Waals surface area contributed by atoms with Crippen LogP contribution in [0.15, 0.2) is 18.2 Å². The lowest BCUT2D eigenvalue weighted by molar-refractivity contribution is 0.538. The van der Waals surface area contributed by atoms with Gasteiger partial charge in [-0.3, -0.25) is 0 Å². The van der Waals surface area contributed by atoms with Crippen LogP contribution in [0.25, 0.3) is 0 Å². The second kappa shape index (κ2) is 6.65. The number of aryl methyl sites for hydroxylation is 2. The molecule has 2 nitrogen and oxygen atoms in total. The van der Waals surface area contributed by atoms with Crippen molar-refractivity contribution in [3.63, 3.8) is 0 Å². The second-order valence-electron chi connectivity index (χ2n) is 5.03. The number of nitrogens with zero attached hydrogens (tertiary/aromatic N) is 1. The molecule has 0 saturated carbocycles. The fourth-order valence-corrected chi connectivity index (χ4v) is 1.92. The first kappa shape index (κ1) is 14.0. The molecule has 1 aromatic rings. The average molecular weight is 234 g/mol. The van der Waals surface area contributed by atoms with Gasteiger partial charge in [0.1, 0.15) is 0 Å². The summed E-state index contributed by atoms with van der Waals surface area (Å²) < 4.78 is 0. The molecule has 1 aromatic carbocycles. The summed E-state index contributed by atoms with van der Waals surface area (Å²) in [4.78, 5) is 2.31. The first-order valence-corrected chi connectivity index (χ1v) is 6.55. The van der Waals surface area contributed by atoms with E-state index in [0.717, 1.165) is 13.1 Å². The van der Waals surface area contributed by atoms with Crippen molar-refractivity contribution in [3.8, 4) is 0 Å². The Morgan fingerprint density at radius 3 is 2.29 bits per heavy atom. The van der Waals surface area contributed by atoms with Gasteiger partial charge in [0.05, 0.1) is 0 Å². The lowest BCUT2D eigenvalue weighted by Gasteiger charge is -2.22. The molecule has 0 aliphatic carbocycles. The van der Waals surface area contributed by atoms with Crippen molar-refractivity contribution in [3.05, 3.63) is 29.3 Å². The molecule has 2 heteroatoms. The summed E-state index contributed by atoms with van der Waals surface area (Å²) in [5, 5.41) is 3.52. The first-order chi connectivity index (χ1) is 8.02. The molecular formula is C15H26N2. The van der Waals surface area contributed by atoms with Crippen LogP contribution < -0.4 is 10.2 Å². The zero-order valence-corrected chi connectivity index (χ0v) is 11.9. The lowest BCUT2D eigenvalue weighted by Crippen LogP contribution is -2.34. The number of anilines is 1. The smallest absolute Gasteiger partial charge is 0.0369 e. The van der Waals surface area contributed by atoms with E-state index in [9.17, 15) is 0 Å². The van der Waals surface area contributed by atoms with E-state index in [1.807, 2.05) is 0 Å². The van der Waals surface area contributed by atoms with Crippen molar-refractivity contribution < 1.29 is 0 Å². The highest BCUT2D eigenvalue weighted by atomic mass is 15.1. The zero-order valence-electron chi connectivity index (χ0n) is 11.9. The molecule has 17 heavy (non-hydrogen) atoms. The van der Waals surface area contributed by atoms with Gasteiger partial charge in [0.2, 0.25) is 0 Å². The van der Waals surface area contributed by atoms with Crippen LogP contribution in [-0.4, -0.2) is 26.2 Å². The molecule has 0 amide bonds. The Kier molecular flexibility index (Phi) is 5.49. The van der Waals surface area contributed by atoms with E-state index in [-0.39, 0.29) is 0 Å². The number of rotatable bonds is 6. The zero-order chi connectivity index (χ0) is 12.8. The summed E-state index contributed by atoms with van der Waals surface area (Å²) in [6.07, 6.45) is 1.19. The van der Waals surface area contributed by atoms with Crippen LogP contribution in [0.5, 0.6) is 0 Å².